The Hall–Kier alpha value is -1.80. The van der Waals surface area contributed by atoms with Crippen molar-refractivity contribution in [3.63, 3.8) is 0 Å². The molecule has 9 heteroatoms. The van der Waals surface area contributed by atoms with Gasteiger partial charge in [0.2, 0.25) is 12.7 Å². The van der Waals surface area contributed by atoms with E-state index in [1.807, 2.05) is 0 Å². The molecule has 0 radical (unpaired) electrons. The van der Waals surface area contributed by atoms with E-state index < -0.39 is 6.61 Å². The zero-order chi connectivity index (χ0) is 19.8. The summed E-state index contributed by atoms with van der Waals surface area (Å²) in [6.45, 7) is -2.76. The van der Waals surface area contributed by atoms with Gasteiger partial charge in [-0.15, -0.1) is 12.4 Å². The van der Waals surface area contributed by atoms with Crippen molar-refractivity contribution in [2.24, 2.45) is 23.5 Å². The quantitative estimate of drug-likeness (QED) is 0.770. The predicted octanol–water partition coefficient (Wildman–Crippen LogP) is 3.55. The normalized spacial score (nSPS) is 27.3. The number of rotatable bonds is 5. The summed E-state index contributed by atoms with van der Waals surface area (Å²) in [5, 5.41) is 0. The van der Waals surface area contributed by atoms with Gasteiger partial charge in [-0.3, -0.25) is 4.79 Å². The van der Waals surface area contributed by atoms with E-state index in [1.54, 1.807) is 18.0 Å². The summed E-state index contributed by atoms with van der Waals surface area (Å²) < 4.78 is 40.9. The van der Waals surface area contributed by atoms with Gasteiger partial charge in [-0.1, -0.05) is 6.42 Å². The van der Waals surface area contributed by atoms with Crippen LogP contribution in [0.3, 0.4) is 0 Å². The fraction of sp³-hybridized carbons (Fsp3) is 0.650. The molecule has 0 aromatic heterocycles. The van der Waals surface area contributed by atoms with Gasteiger partial charge in [-0.25, -0.2) is 0 Å². The highest BCUT2D eigenvalue weighted by molar-refractivity contribution is 5.85. The highest BCUT2D eigenvalue weighted by Crippen LogP contribution is 2.43. The lowest BCUT2D eigenvalue weighted by Crippen LogP contribution is -2.49. The van der Waals surface area contributed by atoms with Crippen LogP contribution in [0.2, 0.25) is 0 Å². The summed E-state index contributed by atoms with van der Waals surface area (Å²) >= 11 is 0. The Bertz CT molecular complexity index is 737. The second kappa shape index (κ2) is 8.92. The highest BCUT2D eigenvalue weighted by atomic mass is 35.5. The Labute approximate surface area is 175 Å². The fourth-order valence-corrected chi connectivity index (χ4v) is 4.93. The molecule has 1 aromatic carbocycles. The number of carbonyl (C=O) groups is 1. The van der Waals surface area contributed by atoms with Gasteiger partial charge in [0.05, 0.1) is 0 Å². The number of halogens is 3. The van der Waals surface area contributed by atoms with Crippen LogP contribution in [0, 0.1) is 17.8 Å². The summed E-state index contributed by atoms with van der Waals surface area (Å²) in [5.41, 5.74) is 6.79. The van der Waals surface area contributed by atoms with Crippen LogP contribution in [0.4, 0.5) is 8.78 Å². The standard InChI is InChI=1S/C20H26F2N2O4.ClH/c1-24(19(25)13-5-11-3-2-4-12(6-13)18(11)23)9-14-7-16-17(27-10-26-16)8-15(14)28-20(21)22;/h7-8,11-13,18,20H,2-6,9-10,23H2,1H3;1H. The minimum atomic E-state index is -2.96. The topological polar surface area (TPSA) is 74.0 Å². The number of amides is 1. The van der Waals surface area contributed by atoms with Crippen molar-refractivity contribution in [3.8, 4) is 17.2 Å². The molecule has 4 rings (SSSR count). The molecular formula is C20H27ClF2N2O4. The molecule has 0 saturated heterocycles. The van der Waals surface area contributed by atoms with Gasteiger partial charge >= 0.3 is 6.61 Å². The Morgan fingerprint density at radius 2 is 1.86 bits per heavy atom. The van der Waals surface area contributed by atoms with E-state index >= 15 is 0 Å². The average Bonchev–Trinajstić information content (AvgIpc) is 3.07. The van der Waals surface area contributed by atoms with Gasteiger partial charge in [-0.2, -0.15) is 8.78 Å². The lowest BCUT2D eigenvalue weighted by Gasteiger charge is -2.44. The molecule has 1 heterocycles. The predicted molar refractivity (Wildman–Crippen MR) is 104 cm³/mol. The smallest absolute Gasteiger partial charge is 0.387 e. The molecule has 29 heavy (non-hydrogen) atoms. The van der Waals surface area contributed by atoms with Crippen molar-refractivity contribution >= 4 is 18.3 Å². The number of carbonyl (C=O) groups excluding carboxylic acids is 1. The molecule has 2 unspecified atom stereocenters. The molecule has 2 N–H and O–H groups in total. The lowest BCUT2D eigenvalue weighted by atomic mass is 9.65. The van der Waals surface area contributed by atoms with Crippen LogP contribution in [-0.4, -0.2) is 37.3 Å². The van der Waals surface area contributed by atoms with Crippen molar-refractivity contribution < 1.29 is 27.8 Å². The van der Waals surface area contributed by atoms with Crippen molar-refractivity contribution in [2.75, 3.05) is 13.8 Å². The summed E-state index contributed by atoms with van der Waals surface area (Å²) in [5.74, 6) is 1.61. The fourth-order valence-electron chi connectivity index (χ4n) is 4.93. The molecule has 2 aliphatic carbocycles. The molecule has 6 nitrogen and oxygen atoms in total. The van der Waals surface area contributed by atoms with Crippen molar-refractivity contribution in [1.82, 2.24) is 4.90 Å². The third kappa shape index (κ3) is 4.53. The number of ether oxygens (including phenoxy) is 3. The van der Waals surface area contributed by atoms with Crippen LogP contribution < -0.4 is 19.9 Å². The highest BCUT2D eigenvalue weighted by Gasteiger charge is 2.41. The maximum Gasteiger partial charge on any atom is 0.387 e. The summed E-state index contributed by atoms with van der Waals surface area (Å²) in [4.78, 5) is 14.6. The Kier molecular flexibility index (Phi) is 6.73. The first kappa shape index (κ1) is 21.9. The second-order valence-electron chi connectivity index (χ2n) is 8.08. The molecule has 1 aromatic rings. The third-order valence-corrected chi connectivity index (χ3v) is 6.32. The summed E-state index contributed by atoms with van der Waals surface area (Å²) in [6.07, 6.45) is 4.97. The zero-order valence-electron chi connectivity index (χ0n) is 16.3. The number of nitrogens with zero attached hydrogens (tertiary/aromatic N) is 1. The maximum absolute atomic E-state index is 13.0. The average molecular weight is 433 g/mol. The molecule has 1 amide bonds. The Morgan fingerprint density at radius 3 is 2.48 bits per heavy atom. The van der Waals surface area contributed by atoms with Crippen LogP contribution in [0.25, 0.3) is 0 Å². The summed E-state index contributed by atoms with van der Waals surface area (Å²) in [6, 6.07) is 3.20. The van der Waals surface area contributed by atoms with Crippen molar-refractivity contribution in [1.29, 1.82) is 0 Å². The van der Waals surface area contributed by atoms with E-state index in [2.05, 4.69) is 4.74 Å². The molecule has 2 fully saturated rings. The van der Waals surface area contributed by atoms with Crippen LogP contribution >= 0.6 is 12.4 Å². The van der Waals surface area contributed by atoms with Crippen LogP contribution in [0.1, 0.15) is 37.7 Å². The third-order valence-electron chi connectivity index (χ3n) is 6.32. The van der Waals surface area contributed by atoms with Gasteiger partial charge in [0.1, 0.15) is 5.75 Å². The van der Waals surface area contributed by atoms with E-state index in [9.17, 15) is 13.6 Å². The molecule has 1 aliphatic heterocycles. The maximum atomic E-state index is 13.0. The molecule has 2 saturated carbocycles. The molecule has 2 atom stereocenters. The van der Waals surface area contributed by atoms with Gasteiger partial charge in [0.15, 0.2) is 11.5 Å². The SMILES string of the molecule is CN(Cc1cc2c(cc1OC(F)F)OCO2)C(=O)C1CC2CCCC(C1)C2N.Cl. The molecular weight excluding hydrogens is 406 g/mol. The molecule has 3 aliphatic rings. The van der Waals surface area contributed by atoms with E-state index in [4.69, 9.17) is 15.2 Å². The Balaban J connectivity index is 0.00000240. The largest absolute Gasteiger partial charge is 0.454 e. The number of hydrogen-bond acceptors (Lipinski definition) is 5. The van der Waals surface area contributed by atoms with E-state index in [-0.39, 0.29) is 49.4 Å². The van der Waals surface area contributed by atoms with E-state index in [1.165, 1.54) is 12.5 Å². The van der Waals surface area contributed by atoms with Gasteiger partial charge in [-0.05, 0) is 43.6 Å². The molecule has 2 bridgehead atoms. The van der Waals surface area contributed by atoms with Crippen LogP contribution in [-0.2, 0) is 11.3 Å². The first-order valence-electron chi connectivity index (χ1n) is 9.80. The Morgan fingerprint density at radius 1 is 1.24 bits per heavy atom. The zero-order valence-corrected chi connectivity index (χ0v) is 17.1. The van der Waals surface area contributed by atoms with E-state index in [0.717, 1.165) is 25.7 Å². The minimum Gasteiger partial charge on any atom is -0.454 e. The number of alkyl halides is 2. The van der Waals surface area contributed by atoms with Gasteiger partial charge in [0, 0.05) is 37.2 Å². The van der Waals surface area contributed by atoms with Crippen LogP contribution in [0.5, 0.6) is 17.2 Å². The first-order chi connectivity index (χ1) is 13.4. The summed E-state index contributed by atoms with van der Waals surface area (Å²) in [7, 11) is 1.70. The van der Waals surface area contributed by atoms with Crippen LogP contribution in [0.15, 0.2) is 12.1 Å². The molecule has 0 spiro atoms. The molecule has 162 valence electrons. The van der Waals surface area contributed by atoms with Gasteiger partial charge in [0.25, 0.3) is 0 Å². The minimum absolute atomic E-state index is 0. The first-order valence-corrected chi connectivity index (χ1v) is 9.80. The number of nitrogens with two attached hydrogens (primary N) is 1. The van der Waals surface area contributed by atoms with Gasteiger partial charge < -0.3 is 24.8 Å². The van der Waals surface area contributed by atoms with Crippen molar-refractivity contribution in [3.05, 3.63) is 17.7 Å². The second-order valence-corrected chi connectivity index (χ2v) is 8.08. The number of hydrogen-bond donors (Lipinski definition) is 1. The van der Waals surface area contributed by atoms with E-state index in [0.29, 0.717) is 28.9 Å². The number of benzene rings is 1. The lowest BCUT2D eigenvalue weighted by molar-refractivity contribution is -0.137. The monoisotopic (exact) mass is 432 g/mol. The number of fused-ring (bicyclic) bond motifs is 3. The van der Waals surface area contributed by atoms with Crippen molar-refractivity contribution in [2.45, 2.75) is 51.3 Å².